The van der Waals surface area contributed by atoms with Crippen molar-refractivity contribution in [3.8, 4) is 0 Å². The van der Waals surface area contributed by atoms with Crippen LogP contribution in [0.1, 0.15) is 64.2 Å². The Morgan fingerprint density at radius 1 is 1.28 bits per heavy atom. The van der Waals surface area contributed by atoms with Crippen LogP contribution in [0.15, 0.2) is 11.6 Å². The molecule has 18 heavy (non-hydrogen) atoms. The van der Waals surface area contributed by atoms with E-state index in [-0.39, 0.29) is 0 Å². The van der Waals surface area contributed by atoms with Crippen LogP contribution in [-0.4, -0.2) is 18.8 Å². The van der Waals surface area contributed by atoms with E-state index in [1.807, 2.05) is 0 Å². The lowest BCUT2D eigenvalue weighted by Gasteiger charge is -2.22. The third-order valence-corrected chi connectivity index (χ3v) is 4.28. The van der Waals surface area contributed by atoms with Crippen LogP contribution in [0, 0.1) is 0 Å². The Kier molecular flexibility index (Phi) is 6.18. The highest BCUT2D eigenvalue weighted by Crippen LogP contribution is 2.24. The second kappa shape index (κ2) is 7.93. The van der Waals surface area contributed by atoms with Crippen molar-refractivity contribution in [1.29, 1.82) is 0 Å². The minimum Gasteiger partial charge on any atom is -0.378 e. The topological polar surface area (TPSA) is 47.3 Å². The summed E-state index contributed by atoms with van der Waals surface area (Å²) in [6.07, 6.45) is 15.5. The molecule has 0 radical (unpaired) electrons. The summed E-state index contributed by atoms with van der Waals surface area (Å²) >= 11 is 0. The minimum atomic E-state index is 0.368. The molecule has 3 heteroatoms. The Morgan fingerprint density at radius 3 is 2.94 bits per heavy atom. The summed E-state index contributed by atoms with van der Waals surface area (Å²) in [6.45, 7) is 0.952. The lowest BCUT2D eigenvalue weighted by molar-refractivity contribution is 0.100. The van der Waals surface area contributed by atoms with Gasteiger partial charge in [0.15, 0.2) is 0 Å². The lowest BCUT2D eigenvalue weighted by Crippen LogP contribution is -2.37. The molecule has 0 saturated carbocycles. The van der Waals surface area contributed by atoms with Gasteiger partial charge < -0.3 is 4.74 Å². The number of hydrogen-bond donors (Lipinski definition) is 2. The summed E-state index contributed by atoms with van der Waals surface area (Å²) in [5, 5.41) is 0. The summed E-state index contributed by atoms with van der Waals surface area (Å²) < 4.78 is 5.69. The van der Waals surface area contributed by atoms with Crippen molar-refractivity contribution >= 4 is 0 Å². The molecule has 0 bridgehead atoms. The number of hydrogen-bond acceptors (Lipinski definition) is 3. The summed E-state index contributed by atoms with van der Waals surface area (Å²) in [5.74, 6) is 5.75. The van der Waals surface area contributed by atoms with Gasteiger partial charge in [-0.15, -0.1) is 0 Å². The van der Waals surface area contributed by atoms with E-state index in [9.17, 15) is 0 Å². The van der Waals surface area contributed by atoms with Crippen LogP contribution in [0.5, 0.6) is 0 Å². The number of ether oxygens (including phenoxy) is 1. The molecule has 2 aliphatic rings. The van der Waals surface area contributed by atoms with Gasteiger partial charge in [0.25, 0.3) is 0 Å². The molecule has 2 atom stereocenters. The van der Waals surface area contributed by atoms with Crippen molar-refractivity contribution < 1.29 is 4.74 Å². The van der Waals surface area contributed by atoms with E-state index in [4.69, 9.17) is 10.6 Å². The Labute approximate surface area is 111 Å². The number of hydrazine groups is 1. The number of rotatable bonds is 5. The molecular weight excluding hydrogens is 224 g/mol. The van der Waals surface area contributed by atoms with Gasteiger partial charge in [-0.3, -0.25) is 11.3 Å². The molecule has 2 unspecified atom stereocenters. The monoisotopic (exact) mass is 252 g/mol. The van der Waals surface area contributed by atoms with E-state index < -0.39 is 0 Å². The second-order valence-corrected chi connectivity index (χ2v) is 5.66. The van der Waals surface area contributed by atoms with Crippen LogP contribution in [0.2, 0.25) is 0 Å². The van der Waals surface area contributed by atoms with Crippen molar-refractivity contribution in [2.45, 2.75) is 76.4 Å². The van der Waals surface area contributed by atoms with Crippen LogP contribution in [0.4, 0.5) is 0 Å². The Hall–Kier alpha value is -0.380. The molecule has 1 heterocycles. The standard InChI is InChI=1S/C15H28N2O/c16-17-15(11-10-14-9-6-12-18-14)13-7-4-2-1-3-5-8-13/h7,14-15,17H,1-6,8-12,16H2. The number of allylic oxidation sites excluding steroid dienone is 1. The first-order chi connectivity index (χ1) is 8.90. The van der Waals surface area contributed by atoms with E-state index in [0.29, 0.717) is 12.1 Å². The highest BCUT2D eigenvalue weighted by Gasteiger charge is 2.19. The van der Waals surface area contributed by atoms with E-state index in [0.717, 1.165) is 19.4 Å². The minimum absolute atomic E-state index is 0.368. The molecule has 0 amide bonds. The van der Waals surface area contributed by atoms with E-state index in [2.05, 4.69) is 11.5 Å². The zero-order valence-electron chi connectivity index (χ0n) is 11.5. The molecule has 1 saturated heterocycles. The van der Waals surface area contributed by atoms with Gasteiger partial charge in [0.1, 0.15) is 0 Å². The molecule has 0 aromatic rings. The van der Waals surface area contributed by atoms with Gasteiger partial charge in [-0.05, 0) is 51.4 Å². The maximum absolute atomic E-state index is 5.75. The SMILES string of the molecule is NNC(CCC1CCCO1)C1=CCCCCCC1. The fourth-order valence-corrected chi connectivity index (χ4v) is 3.13. The molecule has 0 aromatic heterocycles. The van der Waals surface area contributed by atoms with Gasteiger partial charge in [-0.1, -0.05) is 24.5 Å². The molecule has 3 nitrogen and oxygen atoms in total. The Balaban J connectivity index is 1.81. The summed E-state index contributed by atoms with van der Waals surface area (Å²) in [4.78, 5) is 0. The fourth-order valence-electron chi connectivity index (χ4n) is 3.13. The van der Waals surface area contributed by atoms with Crippen molar-refractivity contribution in [1.82, 2.24) is 5.43 Å². The Bertz CT molecular complexity index is 259. The molecule has 1 aliphatic heterocycles. The van der Waals surface area contributed by atoms with Crippen LogP contribution >= 0.6 is 0 Å². The molecule has 0 aromatic carbocycles. The number of nitrogens with one attached hydrogen (secondary N) is 1. The van der Waals surface area contributed by atoms with Crippen molar-refractivity contribution in [2.24, 2.45) is 5.84 Å². The van der Waals surface area contributed by atoms with Crippen molar-refractivity contribution in [3.05, 3.63) is 11.6 Å². The van der Waals surface area contributed by atoms with E-state index >= 15 is 0 Å². The van der Waals surface area contributed by atoms with Gasteiger partial charge in [-0.25, -0.2) is 0 Å². The maximum atomic E-state index is 5.75. The maximum Gasteiger partial charge on any atom is 0.0576 e. The van der Waals surface area contributed by atoms with Gasteiger partial charge in [0.05, 0.1) is 6.10 Å². The van der Waals surface area contributed by atoms with E-state index in [1.54, 1.807) is 0 Å². The molecule has 104 valence electrons. The zero-order valence-corrected chi connectivity index (χ0v) is 11.5. The van der Waals surface area contributed by atoms with Crippen LogP contribution in [0.3, 0.4) is 0 Å². The van der Waals surface area contributed by atoms with Crippen LogP contribution in [-0.2, 0) is 4.74 Å². The summed E-state index contributed by atoms with van der Waals surface area (Å²) in [5.41, 5.74) is 4.56. The van der Waals surface area contributed by atoms with Gasteiger partial charge >= 0.3 is 0 Å². The lowest BCUT2D eigenvalue weighted by atomic mass is 9.92. The summed E-state index contributed by atoms with van der Waals surface area (Å²) in [6, 6.07) is 0.368. The predicted molar refractivity (Wildman–Crippen MR) is 75.1 cm³/mol. The first-order valence-electron chi connectivity index (χ1n) is 7.67. The highest BCUT2D eigenvalue weighted by molar-refractivity contribution is 5.11. The largest absolute Gasteiger partial charge is 0.378 e. The molecule has 1 aliphatic carbocycles. The van der Waals surface area contributed by atoms with Gasteiger partial charge in [-0.2, -0.15) is 0 Å². The quantitative estimate of drug-likeness (QED) is 0.449. The van der Waals surface area contributed by atoms with E-state index in [1.165, 1.54) is 56.9 Å². The first kappa shape index (κ1) is 14.0. The molecule has 2 rings (SSSR count). The summed E-state index contributed by atoms with van der Waals surface area (Å²) in [7, 11) is 0. The average molecular weight is 252 g/mol. The van der Waals surface area contributed by atoms with Crippen LogP contribution in [0.25, 0.3) is 0 Å². The van der Waals surface area contributed by atoms with Gasteiger partial charge in [0.2, 0.25) is 0 Å². The third-order valence-electron chi connectivity index (χ3n) is 4.28. The molecular formula is C15H28N2O. The van der Waals surface area contributed by atoms with Crippen molar-refractivity contribution in [3.63, 3.8) is 0 Å². The third kappa shape index (κ3) is 4.38. The average Bonchev–Trinajstić information content (AvgIpc) is 2.84. The fraction of sp³-hybridized carbons (Fsp3) is 0.867. The first-order valence-corrected chi connectivity index (χ1v) is 7.67. The number of nitrogens with two attached hydrogens (primary N) is 1. The van der Waals surface area contributed by atoms with Gasteiger partial charge in [0, 0.05) is 12.6 Å². The smallest absolute Gasteiger partial charge is 0.0576 e. The highest BCUT2D eigenvalue weighted by atomic mass is 16.5. The van der Waals surface area contributed by atoms with Crippen LogP contribution < -0.4 is 11.3 Å². The zero-order chi connectivity index (χ0) is 12.6. The normalized spacial score (nSPS) is 27.4. The Morgan fingerprint density at radius 2 is 2.17 bits per heavy atom. The molecule has 0 spiro atoms. The second-order valence-electron chi connectivity index (χ2n) is 5.66. The molecule has 1 fully saturated rings. The predicted octanol–water partition coefficient (Wildman–Crippen LogP) is 3.06. The molecule has 3 N–H and O–H groups in total. The van der Waals surface area contributed by atoms with Crippen molar-refractivity contribution in [2.75, 3.05) is 6.61 Å².